The first kappa shape index (κ1) is 23.6. The van der Waals surface area contributed by atoms with Crippen LogP contribution in [0.1, 0.15) is 39.2 Å². The summed E-state index contributed by atoms with van der Waals surface area (Å²) in [5, 5.41) is 6.14. The first-order valence-electron chi connectivity index (χ1n) is 8.49. The highest BCUT2D eigenvalue weighted by Crippen LogP contribution is 2.06. The fourth-order valence-corrected chi connectivity index (χ4v) is 2.12. The molecule has 0 aliphatic rings. The Morgan fingerprint density at radius 3 is 2.48 bits per heavy atom. The molecule has 142 valence electrons. The molecule has 25 heavy (non-hydrogen) atoms. The van der Waals surface area contributed by atoms with Gasteiger partial charge in [-0.05, 0) is 38.0 Å². The third-order valence-corrected chi connectivity index (χ3v) is 3.65. The lowest BCUT2D eigenvalue weighted by Crippen LogP contribution is -2.39. The Morgan fingerprint density at radius 2 is 1.92 bits per heavy atom. The third-order valence-electron chi connectivity index (χ3n) is 3.65. The maximum atomic E-state index is 13.0. The Hall–Kier alpha value is -1.38. The van der Waals surface area contributed by atoms with Crippen molar-refractivity contribution in [3.05, 3.63) is 35.6 Å². The van der Waals surface area contributed by atoms with E-state index in [1.165, 1.54) is 12.1 Å². The van der Waals surface area contributed by atoms with Crippen LogP contribution < -0.4 is 10.6 Å². The molecule has 0 aliphatic carbocycles. The van der Waals surface area contributed by atoms with Crippen LogP contribution in [0.3, 0.4) is 0 Å². The number of hydrogen-bond acceptors (Lipinski definition) is 2. The van der Waals surface area contributed by atoms with E-state index in [4.69, 9.17) is 0 Å². The van der Waals surface area contributed by atoms with E-state index in [1.807, 2.05) is 32.7 Å². The van der Waals surface area contributed by atoms with E-state index in [0.717, 1.165) is 24.5 Å². The molecular weight excluding hydrogens is 434 g/mol. The van der Waals surface area contributed by atoms with Gasteiger partial charge in [0.05, 0.1) is 6.54 Å². The number of nitrogens with zero attached hydrogens (tertiary/aromatic N) is 2. The number of hydrogen-bond donors (Lipinski definition) is 2. The van der Waals surface area contributed by atoms with Crippen molar-refractivity contribution in [2.24, 2.45) is 4.99 Å². The number of carbonyl (C=O) groups excluding carboxylic acids is 1. The van der Waals surface area contributed by atoms with Crippen LogP contribution in [0.2, 0.25) is 0 Å². The molecule has 1 amide bonds. The second-order valence-electron chi connectivity index (χ2n) is 5.84. The molecule has 1 atom stereocenters. The van der Waals surface area contributed by atoms with Crippen LogP contribution in [0.4, 0.5) is 4.39 Å². The van der Waals surface area contributed by atoms with Gasteiger partial charge in [0.25, 0.3) is 0 Å². The van der Waals surface area contributed by atoms with Crippen molar-refractivity contribution in [2.75, 3.05) is 20.1 Å². The predicted octanol–water partition coefficient (Wildman–Crippen LogP) is 3.15. The molecule has 0 heterocycles. The van der Waals surface area contributed by atoms with Gasteiger partial charge in [-0.3, -0.25) is 9.79 Å². The molecule has 0 spiro atoms. The average molecular weight is 464 g/mol. The largest absolute Gasteiger partial charge is 0.357 e. The van der Waals surface area contributed by atoms with Crippen molar-refractivity contribution in [1.29, 1.82) is 0 Å². The van der Waals surface area contributed by atoms with Crippen molar-refractivity contribution in [3.63, 3.8) is 0 Å². The Labute approximate surface area is 167 Å². The molecule has 0 saturated heterocycles. The Morgan fingerprint density at radius 1 is 1.28 bits per heavy atom. The second kappa shape index (κ2) is 12.9. The lowest BCUT2D eigenvalue weighted by atomic mass is 10.2. The van der Waals surface area contributed by atoms with E-state index in [0.29, 0.717) is 19.5 Å². The summed E-state index contributed by atoms with van der Waals surface area (Å²) in [6.07, 6.45) is 1.28. The van der Waals surface area contributed by atoms with Gasteiger partial charge < -0.3 is 15.5 Å². The van der Waals surface area contributed by atoms with Gasteiger partial charge in [0, 0.05) is 32.6 Å². The standard InChI is InChI=1S/C18H29FN4O.HI/c1-5-14(3)22-17(24)11-12-21-18(20-6-2)23(4)13-15-7-9-16(19)10-8-15;/h7-10,14H,5-6,11-13H2,1-4H3,(H,20,21)(H,22,24);1H. The van der Waals surface area contributed by atoms with Crippen LogP contribution in [-0.2, 0) is 11.3 Å². The molecule has 0 bridgehead atoms. The highest BCUT2D eigenvalue weighted by Gasteiger charge is 2.08. The van der Waals surface area contributed by atoms with Crippen LogP contribution in [0.25, 0.3) is 0 Å². The summed E-state index contributed by atoms with van der Waals surface area (Å²) in [7, 11) is 1.92. The maximum absolute atomic E-state index is 13.0. The summed E-state index contributed by atoms with van der Waals surface area (Å²) in [6, 6.07) is 6.61. The van der Waals surface area contributed by atoms with Crippen LogP contribution in [0.5, 0.6) is 0 Å². The monoisotopic (exact) mass is 464 g/mol. The Bertz CT molecular complexity index is 536. The van der Waals surface area contributed by atoms with Crippen molar-refractivity contribution < 1.29 is 9.18 Å². The Balaban J connectivity index is 0.00000576. The van der Waals surface area contributed by atoms with Gasteiger partial charge in [-0.1, -0.05) is 19.1 Å². The van der Waals surface area contributed by atoms with Gasteiger partial charge in [-0.2, -0.15) is 0 Å². The van der Waals surface area contributed by atoms with Crippen LogP contribution in [0.15, 0.2) is 29.3 Å². The highest BCUT2D eigenvalue weighted by molar-refractivity contribution is 14.0. The molecule has 1 unspecified atom stereocenters. The third kappa shape index (κ3) is 9.62. The van der Waals surface area contributed by atoms with E-state index < -0.39 is 0 Å². The smallest absolute Gasteiger partial charge is 0.222 e. The maximum Gasteiger partial charge on any atom is 0.222 e. The Kier molecular flexibility index (Phi) is 12.2. The van der Waals surface area contributed by atoms with Crippen LogP contribution in [0, 0.1) is 5.82 Å². The van der Waals surface area contributed by atoms with Gasteiger partial charge in [0.15, 0.2) is 5.96 Å². The number of nitrogens with one attached hydrogen (secondary N) is 2. The topological polar surface area (TPSA) is 56.7 Å². The lowest BCUT2D eigenvalue weighted by molar-refractivity contribution is -0.121. The van der Waals surface area contributed by atoms with Gasteiger partial charge in [-0.25, -0.2) is 4.39 Å². The van der Waals surface area contributed by atoms with E-state index in [9.17, 15) is 9.18 Å². The van der Waals surface area contributed by atoms with E-state index in [2.05, 4.69) is 15.6 Å². The van der Waals surface area contributed by atoms with Crippen molar-refractivity contribution >= 4 is 35.8 Å². The molecule has 0 saturated carbocycles. The molecule has 1 aromatic carbocycles. The average Bonchev–Trinajstić information content (AvgIpc) is 2.56. The number of rotatable bonds is 8. The minimum Gasteiger partial charge on any atom is -0.357 e. The predicted molar refractivity (Wildman–Crippen MR) is 112 cm³/mol. The molecule has 1 aromatic rings. The van der Waals surface area contributed by atoms with Gasteiger partial charge in [-0.15, -0.1) is 24.0 Å². The molecular formula is C18H30FIN4O. The quantitative estimate of drug-likeness (QED) is 0.353. The molecule has 5 nitrogen and oxygen atoms in total. The number of carbonyl (C=O) groups is 1. The fourth-order valence-electron chi connectivity index (χ4n) is 2.12. The molecule has 2 N–H and O–H groups in total. The van der Waals surface area contributed by atoms with E-state index in [-0.39, 0.29) is 41.7 Å². The summed E-state index contributed by atoms with van der Waals surface area (Å²) in [4.78, 5) is 18.3. The number of amides is 1. The van der Waals surface area contributed by atoms with Crippen molar-refractivity contribution in [2.45, 2.75) is 46.2 Å². The zero-order valence-corrected chi connectivity index (χ0v) is 17.8. The molecule has 0 aliphatic heterocycles. The minimum atomic E-state index is -0.241. The molecule has 7 heteroatoms. The normalized spacial score (nSPS) is 12.1. The minimum absolute atomic E-state index is 0. The molecule has 0 fully saturated rings. The van der Waals surface area contributed by atoms with Gasteiger partial charge >= 0.3 is 0 Å². The van der Waals surface area contributed by atoms with Crippen molar-refractivity contribution in [3.8, 4) is 0 Å². The molecule has 0 aromatic heterocycles. The van der Waals surface area contributed by atoms with Crippen molar-refractivity contribution in [1.82, 2.24) is 15.5 Å². The zero-order chi connectivity index (χ0) is 17.9. The summed E-state index contributed by atoms with van der Waals surface area (Å²) in [6.45, 7) is 7.81. The fraction of sp³-hybridized carbons (Fsp3) is 0.556. The first-order valence-corrected chi connectivity index (χ1v) is 8.49. The molecule has 0 radical (unpaired) electrons. The summed E-state index contributed by atoms with van der Waals surface area (Å²) >= 11 is 0. The number of halogens is 2. The zero-order valence-electron chi connectivity index (χ0n) is 15.5. The SMILES string of the molecule is CCNC(=NCCC(=O)NC(C)CC)N(C)Cc1ccc(F)cc1.I. The van der Waals surface area contributed by atoms with Gasteiger partial charge in [0.2, 0.25) is 5.91 Å². The lowest BCUT2D eigenvalue weighted by Gasteiger charge is -2.22. The number of aliphatic imine (C=N–C) groups is 1. The number of guanidine groups is 1. The van der Waals surface area contributed by atoms with Gasteiger partial charge in [0.1, 0.15) is 5.82 Å². The first-order chi connectivity index (χ1) is 11.5. The summed E-state index contributed by atoms with van der Waals surface area (Å²) in [5.74, 6) is 0.512. The summed E-state index contributed by atoms with van der Waals surface area (Å²) < 4.78 is 13.0. The number of benzene rings is 1. The van der Waals surface area contributed by atoms with Crippen LogP contribution in [-0.4, -0.2) is 42.9 Å². The highest BCUT2D eigenvalue weighted by atomic mass is 127. The molecule has 1 rings (SSSR count). The summed E-state index contributed by atoms with van der Waals surface area (Å²) in [5.41, 5.74) is 0.999. The van der Waals surface area contributed by atoms with Crippen LogP contribution >= 0.6 is 24.0 Å². The second-order valence-corrected chi connectivity index (χ2v) is 5.84. The van der Waals surface area contributed by atoms with E-state index in [1.54, 1.807) is 12.1 Å². The van der Waals surface area contributed by atoms with E-state index >= 15 is 0 Å².